The fourth-order valence-corrected chi connectivity index (χ4v) is 2.51. The van der Waals surface area contributed by atoms with E-state index >= 15 is 0 Å². The van der Waals surface area contributed by atoms with Crippen LogP contribution in [0.5, 0.6) is 0 Å². The molecule has 0 aromatic rings. The minimum Gasteiger partial charge on any atom is -0.342 e. The van der Waals surface area contributed by atoms with E-state index in [1.807, 2.05) is 6.08 Å². The fourth-order valence-electron chi connectivity index (χ4n) is 1.68. The summed E-state index contributed by atoms with van der Waals surface area (Å²) in [6.07, 6.45) is 10.4. The highest BCUT2D eigenvalue weighted by Crippen LogP contribution is 2.34. The summed E-state index contributed by atoms with van der Waals surface area (Å²) >= 11 is 6.94. The summed E-state index contributed by atoms with van der Waals surface area (Å²) in [5.74, 6) is -0.606. The van der Waals surface area contributed by atoms with E-state index in [4.69, 9.17) is 9.47 Å². The zero-order valence-electron chi connectivity index (χ0n) is 9.75. The van der Waals surface area contributed by atoms with Gasteiger partial charge in [-0.1, -0.05) is 64.1 Å². The van der Waals surface area contributed by atoms with Gasteiger partial charge in [-0.05, 0) is 18.9 Å². The Kier molecular flexibility index (Phi) is 7.20. The number of allylic oxidation sites excluding steroid dienone is 1. The van der Waals surface area contributed by atoms with Gasteiger partial charge in [0.1, 0.15) is 3.74 Å². The number of halogens is 2. The highest BCUT2D eigenvalue weighted by molar-refractivity contribution is 9.24. The monoisotopic (exact) mass is 354 g/mol. The zero-order chi connectivity index (χ0) is 11.9. The first-order valence-electron chi connectivity index (χ1n) is 5.95. The Morgan fingerprint density at radius 3 is 2.44 bits per heavy atom. The molecule has 0 aromatic carbocycles. The molecule has 0 spiro atoms. The molecule has 1 rings (SSSR count). The Bertz CT molecular complexity index is 211. The Morgan fingerprint density at radius 1 is 1.19 bits per heavy atom. The zero-order valence-corrected chi connectivity index (χ0v) is 12.9. The lowest BCUT2D eigenvalue weighted by molar-refractivity contribution is -0.0996. The highest BCUT2D eigenvalue weighted by Gasteiger charge is 2.39. The van der Waals surface area contributed by atoms with Crippen LogP contribution in [0, 0.1) is 0 Å². The molecule has 0 aromatic heterocycles. The van der Waals surface area contributed by atoms with Crippen LogP contribution in [0.1, 0.15) is 39.0 Å². The smallest absolute Gasteiger partial charge is 0.210 e. The first-order chi connectivity index (χ1) is 7.71. The van der Waals surface area contributed by atoms with Crippen molar-refractivity contribution in [1.29, 1.82) is 0 Å². The van der Waals surface area contributed by atoms with Crippen molar-refractivity contribution in [3.8, 4) is 0 Å². The van der Waals surface area contributed by atoms with E-state index in [1.54, 1.807) is 0 Å². The van der Waals surface area contributed by atoms with E-state index in [0.717, 1.165) is 6.42 Å². The van der Waals surface area contributed by atoms with E-state index < -0.39 is 5.79 Å². The molecule has 0 aliphatic carbocycles. The van der Waals surface area contributed by atoms with Crippen molar-refractivity contribution in [2.45, 2.75) is 48.6 Å². The number of rotatable bonds is 7. The second-order valence-corrected chi connectivity index (χ2v) is 7.03. The van der Waals surface area contributed by atoms with E-state index in [9.17, 15) is 0 Å². The maximum Gasteiger partial charge on any atom is 0.210 e. The van der Waals surface area contributed by atoms with Crippen molar-refractivity contribution in [1.82, 2.24) is 0 Å². The first kappa shape index (κ1) is 14.7. The van der Waals surface area contributed by atoms with Gasteiger partial charge < -0.3 is 9.47 Å². The molecule has 2 nitrogen and oxygen atoms in total. The predicted octanol–water partition coefficient (Wildman–Crippen LogP) is 4.37. The predicted molar refractivity (Wildman–Crippen MR) is 74.2 cm³/mol. The average Bonchev–Trinajstić information content (AvgIpc) is 2.73. The summed E-state index contributed by atoms with van der Waals surface area (Å²) in [6.45, 7) is 3.55. The standard InChI is InChI=1S/C12H20Br2O2/c1-2-3-4-5-6-7-8-12(11(13)14)15-9-10-16-12/h7-8,11H,2-6,9-10H2,1H3/b8-7+. The van der Waals surface area contributed by atoms with Crippen LogP contribution in [-0.2, 0) is 9.47 Å². The quantitative estimate of drug-likeness (QED) is 0.383. The Balaban J connectivity index is 2.29. The molecule has 0 radical (unpaired) electrons. The van der Waals surface area contributed by atoms with Crippen LogP contribution < -0.4 is 0 Å². The molecular weight excluding hydrogens is 336 g/mol. The van der Waals surface area contributed by atoms with Gasteiger partial charge >= 0.3 is 0 Å². The molecule has 0 amide bonds. The molecule has 0 bridgehead atoms. The van der Waals surface area contributed by atoms with Gasteiger partial charge in [-0.2, -0.15) is 0 Å². The number of hydrogen-bond donors (Lipinski definition) is 0. The third kappa shape index (κ3) is 4.47. The van der Waals surface area contributed by atoms with E-state index in [2.05, 4.69) is 44.9 Å². The molecule has 16 heavy (non-hydrogen) atoms. The van der Waals surface area contributed by atoms with Gasteiger partial charge in [-0.25, -0.2) is 0 Å². The SMILES string of the molecule is CCCCCC/C=C/C1(C(Br)Br)OCCO1. The second-order valence-electron chi connectivity index (χ2n) is 3.97. The number of unbranched alkanes of at least 4 members (excludes halogenated alkanes) is 4. The lowest BCUT2D eigenvalue weighted by Gasteiger charge is -2.25. The molecule has 0 unspecified atom stereocenters. The highest BCUT2D eigenvalue weighted by atomic mass is 79.9. The van der Waals surface area contributed by atoms with Crippen LogP contribution in [0.25, 0.3) is 0 Å². The normalized spacial score (nSPS) is 20.0. The summed E-state index contributed by atoms with van der Waals surface area (Å²) < 4.78 is 11.3. The van der Waals surface area contributed by atoms with Gasteiger partial charge in [-0.15, -0.1) is 0 Å². The molecule has 1 aliphatic rings. The summed E-state index contributed by atoms with van der Waals surface area (Å²) in [4.78, 5) is 0. The van der Waals surface area contributed by atoms with Crippen LogP contribution in [0.15, 0.2) is 12.2 Å². The van der Waals surface area contributed by atoms with Crippen molar-refractivity contribution < 1.29 is 9.47 Å². The second kappa shape index (κ2) is 7.85. The molecule has 0 atom stereocenters. The summed E-state index contributed by atoms with van der Waals surface area (Å²) in [6, 6.07) is 0. The molecule has 0 saturated carbocycles. The fraction of sp³-hybridized carbons (Fsp3) is 0.833. The van der Waals surface area contributed by atoms with Crippen molar-refractivity contribution in [2.75, 3.05) is 13.2 Å². The van der Waals surface area contributed by atoms with Crippen LogP contribution in [-0.4, -0.2) is 22.7 Å². The minimum atomic E-state index is -0.606. The summed E-state index contributed by atoms with van der Waals surface area (Å²) in [7, 11) is 0. The maximum absolute atomic E-state index is 5.63. The summed E-state index contributed by atoms with van der Waals surface area (Å²) in [5.41, 5.74) is 0. The lowest BCUT2D eigenvalue weighted by atomic mass is 10.1. The topological polar surface area (TPSA) is 18.5 Å². The van der Waals surface area contributed by atoms with Gasteiger partial charge in [0.25, 0.3) is 0 Å². The number of ether oxygens (including phenoxy) is 2. The van der Waals surface area contributed by atoms with Gasteiger partial charge in [0.05, 0.1) is 13.2 Å². The van der Waals surface area contributed by atoms with Crippen molar-refractivity contribution in [3.05, 3.63) is 12.2 Å². The molecule has 1 aliphatic heterocycles. The number of alkyl halides is 2. The largest absolute Gasteiger partial charge is 0.342 e. The molecule has 1 saturated heterocycles. The number of hydrogen-bond acceptors (Lipinski definition) is 2. The van der Waals surface area contributed by atoms with Crippen LogP contribution >= 0.6 is 31.9 Å². The van der Waals surface area contributed by atoms with Gasteiger partial charge in [0.15, 0.2) is 0 Å². The Morgan fingerprint density at radius 2 is 1.88 bits per heavy atom. The third-order valence-electron chi connectivity index (χ3n) is 2.62. The molecule has 94 valence electrons. The summed E-state index contributed by atoms with van der Waals surface area (Å²) in [5, 5.41) is 0. The lowest BCUT2D eigenvalue weighted by Crippen LogP contribution is -2.34. The average molecular weight is 356 g/mol. The molecular formula is C12H20Br2O2. The molecule has 4 heteroatoms. The van der Waals surface area contributed by atoms with Crippen molar-refractivity contribution >= 4 is 31.9 Å². The van der Waals surface area contributed by atoms with Crippen LogP contribution in [0.3, 0.4) is 0 Å². The first-order valence-corrected chi connectivity index (χ1v) is 7.78. The molecule has 0 N–H and O–H groups in total. The maximum atomic E-state index is 5.63. The Labute approximate surface area is 115 Å². The van der Waals surface area contributed by atoms with E-state index in [1.165, 1.54) is 25.7 Å². The van der Waals surface area contributed by atoms with Crippen molar-refractivity contribution in [3.63, 3.8) is 0 Å². The molecule has 1 fully saturated rings. The van der Waals surface area contributed by atoms with Gasteiger partial charge in [-0.3, -0.25) is 0 Å². The van der Waals surface area contributed by atoms with E-state index in [0.29, 0.717) is 13.2 Å². The molecule has 1 heterocycles. The minimum absolute atomic E-state index is 0.00175. The van der Waals surface area contributed by atoms with Gasteiger partial charge in [0, 0.05) is 0 Å². The van der Waals surface area contributed by atoms with Gasteiger partial charge in [0.2, 0.25) is 5.79 Å². The third-order valence-corrected chi connectivity index (χ3v) is 3.89. The van der Waals surface area contributed by atoms with Crippen LogP contribution in [0.4, 0.5) is 0 Å². The van der Waals surface area contributed by atoms with Crippen LogP contribution in [0.2, 0.25) is 0 Å². The Hall–Kier alpha value is 0.620. The van der Waals surface area contributed by atoms with Crippen molar-refractivity contribution in [2.24, 2.45) is 0 Å². The van der Waals surface area contributed by atoms with E-state index in [-0.39, 0.29) is 3.74 Å².